The molecule has 0 saturated carbocycles. The van der Waals surface area contributed by atoms with E-state index in [0.717, 1.165) is 31.6 Å². The molecule has 1 fully saturated rings. The molecule has 90 valence electrons. The minimum atomic E-state index is -0.696. The van der Waals surface area contributed by atoms with E-state index < -0.39 is 5.60 Å². The maximum absolute atomic E-state index is 10.7. The molecule has 2 heterocycles. The molecule has 0 radical (unpaired) electrons. The van der Waals surface area contributed by atoms with Crippen LogP contribution >= 0.6 is 0 Å². The van der Waals surface area contributed by atoms with Crippen LogP contribution in [0.1, 0.15) is 32.4 Å². The average molecular weight is 223 g/mol. The van der Waals surface area contributed by atoms with Gasteiger partial charge in [-0.3, -0.25) is 4.68 Å². The molecule has 4 heteroatoms. The van der Waals surface area contributed by atoms with Gasteiger partial charge < -0.3 is 10.0 Å². The Labute approximate surface area is 96.9 Å². The molecule has 1 aliphatic heterocycles. The maximum Gasteiger partial charge on any atom is 0.109 e. The van der Waals surface area contributed by atoms with E-state index >= 15 is 0 Å². The fraction of sp³-hybridized carbons (Fsp3) is 0.750. The van der Waals surface area contributed by atoms with Gasteiger partial charge in [-0.2, -0.15) is 5.10 Å². The third-order valence-corrected chi connectivity index (χ3v) is 3.76. The van der Waals surface area contributed by atoms with Crippen molar-refractivity contribution in [3.05, 3.63) is 18.0 Å². The van der Waals surface area contributed by atoms with Gasteiger partial charge in [0.2, 0.25) is 0 Å². The molecule has 0 aromatic carbocycles. The molecular weight excluding hydrogens is 202 g/mol. The molecule has 0 aliphatic carbocycles. The zero-order chi connectivity index (χ0) is 11.8. The van der Waals surface area contributed by atoms with Gasteiger partial charge in [-0.15, -0.1) is 0 Å². The Morgan fingerprint density at radius 1 is 1.62 bits per heavy atom. The van der Waals surface area contributed by atoms with Gasteiger partial charge in [-0.25, -0.2) is 0 Å². The Morgan fingerprint density at radius 2 is 2.38 bits per heavy atom. The van der Waals surface area contributed by atoms with Crippen molar-refractivity contribution in [3.8, 4) is 0 Å². The molecule has 0 spiro atoms. The summed E-state index contributed by atoms with van der Waals surface area (Å²) in [6.07, 6.45) is 3.36. The number of rotatable bonds is 2. The molecule has 2 atom stereocenters. The van der Waals surface area contributed by atoms with E-state index in [0.29, 0.717) is 6.04 Å². The minimum Gasteiger partial charge on any atom is -0.383 e. The number of aromatic nitrogens is 2. The fourth-order valence-electron chi connectivity index (χ4n) is 2.54. The van der Waals surface area contributed by atoms with Crippen LogP contribution in [0.3, 0.4) is 0 Å². The number of likely N-dealkylation sites (tertiary alicyclic amines) is 1. The van der Waals surface area contributed by atoms with Crippen LogP contribution in [0.15, 0.2) is 12.3 Å². The highest BCUT2D eigenvalue weighted by atomic mass is 16.3. The van der Waals surface area contributed by atoms with E-state index in [-0.39, 0.29) is 0 Å². The van der Waals surface area contributed by atoms with Gasteiger partial charge in [-0.05, 0) is 39.8 Å². The summed E-state index contributed by atoms with van der Waals surface area (Å²) in [5.74, 6) is 0. The SMILES string of the molecule is CCn1nccc1C1(O)CCN(C)C(C)C1. The highest BCUT2D eigenvalue weighted by Crippen LogP contribution is 2.34. The lowest BCUT2D eigenvalue weighted by Crippen LogP contribution is -2.46. The van der Waals surface area contributed by atoms with E-state index in [1.807, 2.05) is 10.7 Å². The summed E-state index contributed by atoms with van der Waals surface area (Å²) in [6, 6.07) is 2.36. The number of hydrogen-bond donors (Lipinski definition) is 1. The zero-order valence-corrected chi connectivity index (χ0v) is 10.3. The Kier molecular flexibility index (Phi) is 3.04. The number of hydrogen-bond acceptors (Lipinski definition) is 3. The Balaban J connectivity index is 2.25. The summed E-state index contributed by atoms with van der Waals surface area (Å²) >= 11 is 0. The van der Waals surface area contributed by atoms with Crippen LogP contribution in [0, 0.1) is 0 Å². The lowest BCUT2D eigenvalue weighted by Gasteiger charge is -2.41. The van der Waals surface area contributed by atoms with Crippen molar-refractivity contribution in [3.63, 3.8) is 0 Å². The van der Waals surface area contributed by atoms with Crippen molar-refractivity contribution in [2.75, 3.05) is 13.6 Å². The molecule has 16 heavy (non-hydrogen) atoms. The van der Waals surface area contributed by atoms with E-state index in [1.165, 1.54) is 0 Å². The topological polar surface area (TPSA) is 41.3 Å². The van der Waals surface area contributed by atoms with Crippen LogP contribution in [0.5, 0.6) is 0 Å². The zero-order valence-electron chi connectivity index (χ0n) is 10.3. The van der Waals surface area contributed by atoms with Gasteiger partial charge in [0.25, 0.3) is 0 Å². The summed E-state index contributed by atoms with van der Waals surface area (Å²) in [7, 11) is 2.11. The molecule has 0 amide bonds. The van der Waals surface area contributed by atoms with Crippen molar-refractivity contribution >= 4 is 0 Å². The van der Waals surface area contributed by atoms with Crippen molar-refractivity contribution in [2.45, 2.75) is 44.9 Å². The van der Waals surface area contributed by atoms with Crippen molar-refractivity contribution in [2.24, 2.45) is 0 Å². The smallest absolute Gasteiger partial charge is 0.109 e. The monoisotopic (exact) mass is 223 g/mol. The normalized spacial score (nSPS) is 31.9. The third-order valence-electron chi connectivity index (χ3n) is 3.76. The molecule has 4 nitrogen and oxygen atoms in total. The van der Waals surface area contributed by atoms with Crippen LogP contribution < -0.4 is 0 Å². The van der Waals surface area contributed by atoms with Crippen molar-refractivity contribution < 1.29 is 5.11 Å². The van der Waals surface area contributed by atoms with Crippen LogP contribution in [-0.4, -0.2) is 39.4 Å². The van der Waals surface area contributed by atoms with Gasteiger partial charge in [-0.1, -0.05) is 0 Å². The molecular formula is C12H21N3O. The Hall–Kier alpha value is -0.870. The summed E-state index contributed by atoms with van der Waals surface area (Å²) in [5.41, 5.74) is 0.272. The quantitative estimate of drug-likeness (QED) is 0.819. The van der Waals surface area contributed by atoms with Crippen LogP contribution in [0.2, 0.25) is 0 Å². The molecule has 2 unspecified atom stereocenters. The number of aryl methyl sites for hydroxylation is 1. The van der Waals surface area contributed by atoms with Crippen molar-refractivity contribution in [1.82, 2.24) is 14.7 Å². The largest absolute Gasteiger partial charge is 0.383 e. The second-order valence-electron chi connectivity index (χ2n) is 4.85. The molecule has 1 saturated heterocycles. The summed E-state index contributed by atoms with van der Waals surface area (Å²) in [6.45, 7) is 5.97. The van der Waals surface area contributed by atoms with E-state index in [1.54, 1.807) is 6.20 Å². The van der Waals surface area contributed by atoms with E-state index in [2.05, 4.69) is 30.9 Å². The van der Waals surface area contributed by atoms with Crippen molar-refractivity contribution in [1.29, 1.82) is 0 Å². The van der Waals surface area contributed by atoms with Gasteiger partial charge in [0.05, 0.1) is 5.69 Å². The highest BCUT2D eigenvalue weighted by Gasteiger charge is 2.38. The van der Waals surface area contributed by atoms with Gasteiger partial charge in [0, 0.05) is 25.3 Å². The second-order valence-corrected chi connectivity index (χ2v) is 4.85. The molecule has 1 aromatic rings. The molecule has 2 rings (SSSR count). The first-order chi connectivity index (χ1) is 7.57. The number of nitrogens with zero attached hydrogens (tertiary/aromatic N) is 3. The first-order valence-electron chi connectivity index (χ1n) is 6.02. The Morgan fingerprint density at radius 3 is 3.00 bits per heavy atom. The van der Waals surface area contributed by atoms with E-state index in [9.17, 15) is 5.11 Å². The van der Waals surface area contributed by atoms with Crippen LogP contribution in [0.25, 0.3) is 0 Å². The number of piperidine rings is 1. The van der Waals surface area contributed by atoms with Gasteiger partial charge in [0.15, 0.2) is 0 Å². The third kappa shape index (κ3) is 1.87. The second kappa shape index (κ2) is 4.18. The van der Waals surface area contributed by atoms with Gasteiger partial charge >= 0.3 is 0 Å². The lowest BCUT2D eigenvalue weighted by molar-refractivity contribution is -0.0470. The summed E-state index contributed by atoms with van der Waals surface area (Å²) in [5, 5.41) is 15.0. The molecule has 1 aliphatic rings. The first-order valence-corrected chi connectivity index (χ1v) is 6.02. The van der Waals surface area contributed by atoms with Crippen LogP contribution in [-0.2, 0) is 12.1 Å². The first kappa shape index (κ1) is 11.6. The Bertz CT molecular complexity index is 363. The predicted molar refractivity (Wildman–Crippen MR) is 63.1 cm³/mol. The lowest BCUT2D eigenvalue weighted by atomic mass is 9.84. The van der Waals surface area contributed by atoms with E-state index in [4.69, 9.17) is 0 Å². The maximum atomic E-state index is 10.7. The van der Waals surface area contributed by atoms with Crippen LogP contribution in [0.4, 0.5) is 0 Å². The summed E-state index contributed by atoms with van der Waals surface area (Å²) < 4.78 is 1.90. The highest BCUT2D eigenvalue weighted by molar-refractivity contribution is 5.14. The number of aliphatic hydroxyl groups is 1. The molecule has 1 N–H and O–H groups in total. The molecule has 0 bridgehead atoms. The average Bonchev–Trinajstić information content (AvgIpc) is 2.73. The minimum absolute atomic E-state index is 0.416. The fourth-order valence-corrected chi connectivity index (χ4v) is 2.54. The summed E-state index contributed by atoms with van der Waals surface area (Å²) in [4.78, 5) is 2.29. The van der Waals surface area contributed by atoms with Gasteiger partial charge in [0.1, 0.15) is 5.60 Å². The molecule has 1 aromatic heterocycles. The predicted octanol–water partition coefficient (Wildman–Crippen LogP) is 1.20. The standard InChI is InChI=1S/C12H21N3O/c1-4-15-11(5-7-13-15)12(16)6-8-14(3)10(2)9-12/h5,7,10,16H,4,6,8-9H2,1-3H3.